The van der Waals surface area contributed by atoms with Gasteiger partial charge in [-0.1, -0.05) is 17.7 Å². The summed E-state index contributed by atoms with van der Waals surface area (Å²) < 4.78 is 36.1. The summed E-state index contributed by atoms with van der Waals surface area (Å²) in [5.41, 5.74) is 1.19. The number of benzene rings is 1. The molecule has 0 heterocycles. The van der Waals surface area contributed by atoms with E-state index in [2.05, 4.69) is 4.72 Å². The zero-order chi connectivity index (χ0) is 14.3. The normalized spacial score (nSPS) is 11.5. The molecule has 0 aliphatic heterocycles. The number of sulfonamides is 1. The van der Waals surface area contributed by atoms with E-state index in [1.807, 2.05) is 0 Å². The Morgan fingerprint density at radius 3 is 2.68 bits per heavy atom. The second-order valence-electron chi connectivity index (χ2n) is 3.94. The van der Waals surface area contributed by atoms with E-state index in [-0.39, 0.29) is 12.4 Å². The van der Waals surface area contributed by atoms with E-state index in [4.69, 9.17) is 21.1 Å². The summed E-state index contributed by atoms with van der Waals surface area (Å²) in [6, 6.07) is 5.08. The Labute approximate surface area is 118 Å². The van der Waals surface area contributed by atoms with Crippen molar-refractivity contribution in [2.75, 3.05) is 37.4 Å². The van der Waals surface area contributed by atoms with Gasteiger partial charge in [-0.15, -0.1) is 0 Å². The van der Waals surface area contributed by atoms with E-state index in [9.17, 15) is 8.42 Å². The molecule has 19 heavy (non-hydrogen) atoms. The van der Waals surface area contributed by atoms with Crippen molar-refractivity contribution in [2.45, 2.75) is 6.92 Å². The van der Waals surface area contributed by atoms with Crippen molar-refractivity contribution in [2.24, 2.45) is 0 Å². The first-order valence-electron chi connectivity index (χ1n) is 5.78. The maximum absolute atomic E-state index is 11.8. The summed E-state index contributed by atoms with van der Waals surface area (Å²) in [7, 11) is -1.88. The number of halogens is 1. The number of hydrogen-bond donors (Lipinski definition) is 1. The van der Waals surface area contributed by atoms with Gasteiger partial charge in [0.15, 0.2) is 0 Å². The van der Waals surface area contributed by atoms with Crippen molar-refractivity contribution >= 4 is 27.3 Å². The zero-order valence-electron chi connectivity index (χ0n) is 11.0. The number of ether oxygens (including phenoxy) is 2. The quantitative estimate of drug-likeness (QED) is 0.747. The van der Waals surface area contributed by atoms with Crippen LogP contribution in [0.4, 0.5) is 5.69 Å². The average molecular weight is 308 g/mol. The van der Waals surface area contributed by atoms with Crippen LogP contribution in [0.1, 0.15) is 5.56 Å². The molecule has 0 saturated heterocycles. The van der Waals surface area contributed by atoms with Gasteiger partial charge < -0.3 is 9.47 Å². The molecule has 0 saturated carbocycles. The Morgan fingerprint density at radius 1 is 1.26 bits per heavy atom. The maximum Gasteiger partial charge on any atom is 0.235 e. The third-order valence-electron chi connectivity index (χ3n) is 2.46. The van der Waals surface area contributed by atoms with E-state index >= 15 is 0 Å². The van der Waals surface area contributed by atoms with E-state index in [1.165, 1.54) is 0 Å². The summed E-state index contributed by atoms with van der Waals surface area (Å²) in [5.74, 6) is -0.108. The fourth-order valence-electron chi connectivity index (χ4n) is 1.35. The highest BCUT2D eigenvalue weighted by molar-refractivity contribution is 7.92. The summed E-state index contributed by atoms with van der Waals surface area (Å²) in [6.07, 6.45) is 0. The number of hydrogen-bond acceptors (Lipinski definition) is 4. The molecule has 0 aromatic heterocycles. The second kappa shape index (κ2) is 7.69. The molecule has 1 aromatic rings. The largest absolute Gasteiger partial charge is 0.382 e. The van der Waals surface area contributed by atoms with Gasteiger partial charge in [0.25, 0.3) is 0 Å². The van der Waals surface area contributed by atoms with Gasteiger partial charge in [-0.3, -0.25) is 4.72 Å². The van der Waals surface area contributed by atoms with E-state index in [0.29, 0.717) is 29.5 Å². The predicted octanol–water partition coefficient (Wildman–Crippen LogP) is 2.05. The van der Waals surface area contributed by atoms with Crippen molar-refractivity contribution < 1.29 is 17.9 Å². The fraction of sp³-hybridized carbons (Fsp3) is 0.500. The third kappa shape index (κ3) is 5.78. The van der Waals surface area contributed by atoms with Crippen molar-refractivity contribution in [1.29, 1.82) is 0 Å². The van der Waals surface area contributed by atoms with Crippen LogP contribution in [0, 0.1) is 6.92 Å². The minimum absolute atomic E-state index is 0.108. The van der Waals surface area contributed by atoms with Gasteiger partial charge in [0.2, 0.25) is 10.0 Å². The highest BCUT2D eigenvalue weighted by Crippen LogP contribution is 2.23. The fourth-order valence-corrected chi connectivity index (χ4v) is 2.52. The lowest BCUT2D eigenvalue weighted by atomic mass is 10.2. The lowest BCUT2D eigenvalue weighted by molar-refractivity contribution is 0.0785. The average Bonchev–Trinajstić information content (AvgIpc) is 2.34. The third-order valence-corrected chi connectivity index (χ3v) is 4.11. The van der Waals surface area contributed by atoms with Gasteiger partial charge in [-0.05, 0) is 24.6 Å². The molecule has 1 rings (SSSR count). The molecule has 1 aromatic carbocycles. The highest BCUT2D eigenvalue weighted by Gasteiger charge is 2.12. The Hall–Kier alpha value is -0.820. The number of methoxy groups -OCH3 is 1. The van der Waals surface area contributed by atoms with Gasteiger partial charge in [0, 0.05) is 12.1 Å². The van der Waals surface area contributed by atoms with Gasteiger partial charge >= 0.3 is 0 Å². The van der Waals surface area contributed by atoms with Crippen LogP contribution in [0.3, 0.4) is 0 Å². The minimum atomic E-state index is -3.44. The van der Waals surface area contributed by atoms with Crippen LogP contribution in [0.15, 0.2) is 18.2 Å². The molecule has 0 amide bonds. The van der Waals surface area contributed by atoms with Crippen LogP contribution >= 0.6 is 11.6 Å². The Morgan fingerprint density at radius 2 is 2.00 bits per heavy atom. The minimum Gasteiger partial charge on any atom is -0.382 e. The van der Waals surface area contributed by atoms with E-state index in [1.54, 1.807) is 32.2 Å². The Balaban J connectivity index is 2.52. The van der Waals surface area contributed by atoms with E-state index in [0.717, 1.165) is 0 Å². The predicted molar refractivity (Wildman–Crippen MR) is 76.3 cm³/mol. The first-order chi connectivity index (χ1) is 8.96. The Bertz CT molecular complexity index is 504. The smallest absolute Gasteiger partial charge is 0.235 e. The van der Waals surface area contributed by atoms with Gasteiger partial charge in [0.1, 0.15) is 0 Å². The molecule has 5 nitrogen and oxygen atoms in total. The molecule has 0 atom stereocenters. The SMILES string of the molecule is COCCOCCS(=O)(=O)Nc1cccc(Cl)c1C. The topological polar surface area (TPSA) is 64.6 Å². The molecule has 7 heteroatoms. The summed E-state index contributed by atoms with van der Waals surface area (Å²) in [4.78, 5) is 0. The lowest BCUT2D eigenvalue weighted by Gasteiger charge is -2.11. The van der Waals surface area contributed by atoms with E-state index < -0.39 is 10.0 Å². The molecule has 0 radical (unpaired) electrons. The number of rotatable bonds is 8. The van der Waals surface area contributed by atoms with Gasteiger partial charge in [-0.25, -0.2) is 8.42 Å². The molecule has 108 valence electrons. The monoisotopic (exact) mass is 307 g/mol. The first-order valence-corrected chi connectivity index (χ1v) is 7.81. The molecule has 1 N–H and O–H groups in total. The van der Waals surface area contributed by atoms with Gasteiger partial charge in [-0.2, -0.15) is 0 Å². The molecule has 0 spiro atoms. The van der Waals surface area contributed by atoms with Crippen LogP contribution in [0.5, 0.6) is 0 Å². The molecular weight excluding hydrogens is 290 g/mol. The van der Waals surface area contributed by atoms with Crippen LogP contribution in [-0.4, -0.2) is 41.1 Å². The maximum atomic E-state index is 11.8. The van der Waals surface area contributed by atoms with Crippen molar-refractivity contribution in [3.05, 3.63) is 28.8 Å². The zero-order valence-corrected chi connectivity index (χ0v) is 12.6. The standard InChI is InChI=1S/C12H18ClNO4S/c1-10-11(13)4-3-5-12(10)14-19(15,16)9-8-18-7-6-17-2/h3-5,14H,6-9H2,1-2H3. The molecule has 0 aliphatic carbocycles. The molecule has 0 fully saturated rings. The summed E-state index contributed by atoms with van der Waals surface area (Å²) in [5, 5.41) is 0.525. The van der Waals surface area contributed by atoms with Gasteiger partial charge in [0.05, 0.1) is 31.3 Å². The van der Waals surface area contributed by atoms with Crippen molar-refractivity contribution in [1.82, 2.24) is 0 Å². The lowest BCUT2D eigenvalue weighted by Crippen LogP contribution is -2.21. The van der Waals surface area contributed by atoms with Crippen LogP contribution < -0.4 is 4.72 Å². The number of anilines is 1. The van der Waals surface area contributed by atoms with Crippen LogP contribution in [0.2, 0.25) is 5.02 Å². The highest BCUT2D eigenvalue weighted by atomic mass is 35.5. The molecule has 0 aliphatic rings. The molecular formula is C12H18ClNO4S. The van der Waals surface area contributed by atoms with Crippen molar-refractivity contribution in [3.63, 3.8) is 0 Å². The van der Waals surface area contributed by atoms with Crippen molar-refractivity contribution in [3.8, 4) is 0 Å². The van der Waals surface area contributed by atoms with Crippen LogP contribution in [-0.2, 0) is 19.5 Å². The molecule has 0 bridgehead atoms. The van der Waals surface area contributed by atoms with Crippen LogP contribution in [0.25, 0.3) is 0 Å². The first kappa shape index (κ1) is 16.2. The molecule has 0 unspecified atom stereocenters. The Kier molecular flexibility index (Phi) is 6.57. The summed E-state index contributed by atoms with van der Waals surface area (Å²) in [6.45, 7) is 2.71. The summed E-state index contributed by atoms with van der Waals surface area (Å²) >= 11 is 5.93. The second-order valence-corrected chi connectivity index (χ2v) is 6.19. The number of nitrogens with one attached hydrogen (secondary N) is 1.